The Balaban J connectivity index is 2.54. The van der Waals surface area contributed by atoms with E-state index in [1.54, 1.807) is 0 Å². The Labute approximate surface area is 90.2 Å². The van der Waals surface area contributed by atoms with Gasteiger partial charge in [0, 0.05) is 19.2 Å². The summed E-state index contributed by atoms with van der Waals surface area (Å²) < 4.78 is 2.20. The minimum absolute atomic E-state index is 0.632. The smallest absolute Gasteiger partial charge is 0.159 e. The van der Waals surface area contributed by atoms with Crippen LogP contribution in [0.2, 0.25) is 0 Å². The van der Waals surface area contributed by atoms with Crippen molar-refractivity contribution >= 4 is 11.2 Å². The zero-order valence-electron chi connectivity index (χ0n) is 9.57. The molecule has 0 fully saturated rings. The molecule has 0 aromatic carbocycles. The van der Waals surface area contributed by atoms with E-state index < -0.39 is 0 Å². The summed E-state index contributed by atoms with van der Waals surface area (Å²) in [4.78, 5) is 9.00. The first kappa shape index (κ1) is 10.1. The van der Waals surface area contributed by atoms with Crippen molar-refractivity contribution in [2.24, 2.45) is 5.92 Å². The van der Waals surface area contributed by atoms with Crippen molar-refractivity contribution in [1.29, 1.82) is 0 Å². The molecule has 0 bridgehead atoms. The number of hydrogen-bond donors (Lipinski definition) is 0. The lowest BCUT2D eigenvalue weighted by Crippen LogP contribution is -2.05. The lowest BCUT2D eigenvalue weighted by atomic mass is 10.1. The molecule has 0 aliphatic rings. The maximum absolute atomic E-state index is 4.62. The average molecular weight is 203 g/mol. The minimum Gasteiger partial charge on any atom is -0.313 e. The molecule has 0 amide bonds. The van der Waals surface area contributed by atoms with Gasteiger partial charge in [0.15, 0.2) is 5.65 Å². The molecule has 0 saturated carbocycles. The van der Waals surface area contributed by atoms with Crippen LogP contribution >= 0.6 is 0 Å². The van der Waals surface area contributed by atoms with Crippen molar-refractivity contribution < 1.29 is 0 Å². The molecule has 2 rings (SSSR count). The monoisotopic (exact) mass is 203 g/mol. The molecular formula is C12H17N3. The van der Waals surface area contributed by atoms with Crippen LogP contribution in [0.15, 0.2) is 18.3 Å². The maximum atomic E-state index is 4.62. The van der Waals surface area contributed by atoms with E-state index in [4.69, 9.17) is 0 Å². The van der Waals surface area contributed by atoms with Gasteiger partial charge in [-0.3, -0.25) is 0 Å². The summed E-state index contributed by atoms with van der Waals surface area (Å²) in [5.74, 6) is 1.79. The Morgan fingerprint density at radius 1 is 1.40 bits per heavy atom. The number of fused-ring (bicyclic) bond motifs is 1. The highest BCUT2D eigenvalue weighted by atomic mass is 15.1. The van der Waals surface area contributed by atoms with Crippen molar-refractivity contribution in [2.45, 2.75) is 33.7 Å². The molecule has 0 saturated heterocycles. The second-order valence-electron chi connectivity index (χ2n) is 4.22. The normalized spacial score (nSPS) is 11.5. The van der Waals surface area contributed by atoms with Crippen LogP contribution in [0.25, 0.3) is 11.2 Å². The van der Waals surface area contributed by atoms with E-state index in [0.717, 1.165) is 30.0 Å². The fraction of sp³-hybridized carbons (Fsp3) is 0.500. The number of imidazole rings is 1. The second-order valence-corrected chi connectivity index (χ2v) is 4.22. The predicted molar refractivity (Wildman–Crippen MR) is 61.7 cm³/mol. The first-order chi connectivity index (χ1) is 7.22. The summed E-state index contributed by atoms with van der Waals surface area (Å²) in [6.45, 7) is 7.51. The third-order valence-electron chi connectivity index (χ3n) is 2.49. The van der Waals surface area contributed by atoms with Gasteiger partial charge < -0.3 is 4.57 Å². The zero-order valence-corrected chi connectivity index (χ0v) is 9.57. The molecule has 0 N–H and O–H groups in total. The van der Waals surface area contributed by atoms with Crippen LogP contribution in [0.3, 0.4) is 0 Å². The number of nitrogens with zero attached hydrogens (tertiary/aromatic N) is 3. The van der Waals surface area contributed by atoms with E-state index in [-0.39, 0.29) is 0 Å². The maximum Gasteiger partial charge on any atom is 0.159 e. The Hall–Kier alpha value is -1.38. The first-order valence-electron chi connectivity index (χ1n) is 5.52. The van der Waals surface area contributed by atoms with Crippen LogP contribution in [0.4, 0.5) is 0 Å². The summed E-state index contributed by atoms with van der Waals surface area (Å²) in [5, 5.41) is 0. The number of aromatic nitrogens is 3. The Morgan fingerprint density at radius 3 is 2.87 bits per heavy atom. The number of rotatable bonds is 3. The van der Waals surface area contributed by atoms with Gasteiger partial charge in [-0.1, -0.05) is 13.8 Å². The van der Waals surface area contributed by atoms with Crippen LogP contribution in [-0.2, 0) is 13.0 Å². The van der Waals surface area contributed by atoms with Gasteiger partial charge in [-0.15, -0.1) is 0 Å². The molecule has 0 aliphatic heterocycles. The van der Waals surface area contributed by atoms with Crippen LogP contribution in [0.1, 0.15) is 26.6 Å². The van der Waals surface area contributed by atoms with Gasteiger partial charge in [0.05, 0.1) is 0 Å². The second kappa shape index (κ2) is 4.01. The van der Waals surface area contributed by atoms with Gasteiger partial charge in [0.25, 0.3) is 0 Å². The Kier molecular flexibility index (Phi) is 2.71. The Bertz CT molecular complexity index is 457. The quantitative estimate of drug-likeness (QED) is 0.767. The molecular weight excluding hydrogens is 186 g/mol. The lowest BCUT2D eigenvalue weighted by Gasteiger charge is -2.06. The summed E-state index contributed by atoms with van der Waals surface area (Å²) in [7, 11) is 0. The van der Waals surface area contributed by atoms with Gasteiger partial charge in [-0.05, 0) is 25.0 Å². The predicted octanol–water partition coefficient (Wildman–Crippen LogP) is 2.65. The highest BCUT2D eigenvalue weighted by Crippen LogP contribution is 2.15. The molecule has 0 radical (unpaired) electrons. The standard InChI is InChI=1S/C12H17N3/c1-4-15-11(8-9(2)3)14-10-6-5-7-13-12(10)15/h5-7,9H,4,8H2,1-3H3. The van der Waals surface area contributed by atoms with Crippen molar-refractivity contribution in [1.82, 2.24) is 14.5 Å². The average Bonchev–Trinajstić information content (AvgIpc) is 2.53. The van der Waals surface area contributed by atoms with E-state index in [2.05, 4.69) is 35.3 Å². The number of aryl methyl sites for hydroxylation is 1. The highest BCUT2D eigenvalue weighted by Gasteiger charge is 2.10. The topological polar surface area (TPSA) is 30.7 Å². The van der Waals surface area contributed by atoms with Crippen LogP contribution in [-0.4, -0.2) is 14.5 Å². The third-order valence-corrected chi connectivity index (χ3v) is 2.49. The van der Waals surface area contributed by atoms with Crippen LogP contribution < -0.4 is 0 Å². The zero-order chi connectivity index (χ0) is 10.8. The molecule has 0 spiro atoms. The number of hydrogen-bond acceptors (Lipinski definition) is 2. The van der Waals surface area contributed by atoms with Crippen molar-refractivity contribution in [3.63, 3.8) is 0 Å². The third kappa shape index (κ3) is 1.87. The van der Waals surface area contributed by atoms with Gasteiger partial charge in [-0.25, -0.2) is 9.97 Å². The molecule has 0 aliphatic carbocycles. The molecule has 15 heavy (non-hydrogen) atoms. The summed E-state index contributed by atoms with van der Waals surface area (Å²) in [5.41, 5.74) is 2.02. The van der Waals surface area contributed by atoms with Gasteiger partial charge in [0.1, 0.15) is 11.3 Å². The largest absolute Gasteiger partial charge is 0.313 e. The van der Waals surface area contributed by atoms with E-state index in [1.165, 1.54) is 0 Å². The molecule has 2 aromatic heterocycles. The van der Waals surface area contributed by atoms with Crippen molar-refractivity contribution in [3.8, 4) is 0 Å². The molecule has 2 aromatic rings. The van der Waals surface area contributed by atoms with Gasteiger partial charge in [-0.2, -0.15) is 0 Å². The fourth-order valence-electron chi connectivity index (χ4n) is 1.86. The fourth-order valence-corrected chi connectivity index (χ4v) is 1.86. The Morgan fingerprint density at radius 2 is 2.20 bits per heavy atom. The molecule has 2 heterocycles. The molecule has 0 atom stereocenters. The van der Waals surface area contributed by atoms with Gasteiger partial charge in [0.2, 0.25) is 0 Å². The van der Waals surface area contributed by atoms with E-state index in [9.17, 15) is 0 Å². The first-order valence-corrected chi connectivity index (χ1v) is 5.52. The summed E-state index contributed by atoms with van der Waals surface area (Å²) in [6, 6.07) is 3.97. The SMILES string of the molecule is CCn1c(CC(C)C)nc2cccnc21. The van der Waals surface area contributed by atoms with Crippen LogP contribution in [0, 0.1) is 5.92 Å². The summed E-state index contributed by atoms with van der Waals surface area (Å²) in [6.07, 6.45) is 2.85. The van der Waals surface area contributed by atoms with Crippen molar-refractivity contribution in [2.75, 3.05) is 0 Å². The van der Waals surface area contributed by atoms with E-state index in [0.29, 0.717) is 5.92 Å². The molecule has 80 valence electrons. The minimum atomic E-state index is 0.632. The highest BCUT2D eigenvalue weighted by molar-refractivity contribution is 5.71. The molecule has 0 unspecified atom stereocenters. The summed E-state index contributed by atoms with van der Waals surface area (Å²) >= 11 is 0. The lowest BCUT2D eigenvalue weighted by molar-refractivity contribution is 0.588. The van der Waals surface area contributed by atoms with Crippen LogP contribution in [0.5, 0.6) is 0 Å². The number of pyridine rings is 1. The molecule has 3 heteroatoms. The van der Waals surface area contributed by atoms with Gasteiger partial charge >= 0.3 is 0 Å². The molecule has 3 nitrogen and oxygen atoms in total. The van der Waals surface area contributed by atoms with Crippen molar-refractivity contribution in [3.05, 3.63) is 24.2 Å². The van der Waals surface area contributed by atoms with E-state index >= 15 is 0 Å². The van der Waals surface area contributed by atoms with E-state index in [1.807, 2.05) is 18.3 Å².